The van der Waals surface area contributed by atoms with Crippen LogP contribution in [0.3, 0.4) is 0 Å². The van der Waals surface area contributed by atoms with Crippen molar-refractivity contribution in [3.63, 3.8) is 0 Å². The number of nitrogens with zero attached hydrogens (tertiary/aromatic N) is 3. The van der Waals surface area contributed by atoms with Gasteiger partial charge in [-0.3, -0.25) is 14.6 Å². The van der Waals surface area contributed by atoms with Crippen LogP contribution in [0.15, 0.2) is 39.4 Å². The van der Waals surface area contributed by atoms with Crippen molar-refractivity contribution in [3.8, 4) is 0 Å². The first-order chi connectivity index (χ1) is 18.6. The van der Waals surface area contributed by atoms with E-state index in [1.54, 1.807) is 34.6 Å². The molecule has 0 aliphatic rings. The van der Waals surface area contributed by atoms with E-state index < -0.39 is 41.6 Å². The maximum Gasteiger partial charge on any atom is 0.436 e. The fourth-order valence-corrected chi connectivity index (χ4v) is 3.17. The lowest BCUT2D eigenvalue weighted by Gasteiger charge is -2.24. The minimum atomic E-state index is -0.899. The number of nitrogens with two attached hydrogens (primary N) is 4. The number of aliphatic imine (C=N–C) groups is 2. The van der Waals surface area contributed by atoms with Gasteiger partial charge in [0.25, 0.3) is 5.91 Å². The molecule has 15 nitrogen and oxygen atoms in total. The van der Waals surface area contributed by atoms with Gasteiger partial charge < -0.3 is 38.3 Å². The summed E-state index contributed by atoms with van der Waals surface area (Å²) in [5, 5.41) is 9.24. The van der Waals surface area contributed by atoms with Gasteiger partial charge in [-0.2, -0.15) is 10.1 Å². The summed E-state index contributed by atoms with van der Waals surface area (Å²) in [5.74, 6) is -1.37. The van der Waals surface area contributed by atoms with Crippen LogP contribution in [0.4, 0.5) is 9.59 Å². The number of guanidine groups is 1. The van der Waals surface area contributed by atoms with Crippen LogP contribution in [0.25, 0.3) is 0 Å². The lowest BCUT2D eigenvalue weighted by Crippen LogP contribution is -2.52. The second-order valence-electron chi connectivity index (χ2n) is 10.1. The zero-order valence-corrected chi connectivity index (χ0v) is 23.4. The Morgan fingerprint density at radius 1 is 0.975 bits per heavy atom. The van der Waals surface area contributed by atoms with E-state index in [-0.39, 0.29) is 23.3 Å². The highest BCUT2D eigenvalue weighted by Gasteiger charge is 2.26. The van der Waals surface area contributed by atoms with Crippen LogP contribution in [0, 0.1) is 5.92 Å². The lowest BCUT2D eigenvalue weighted by atomic mass is 10.0. The molecule has 0 saturated heterocycles. The number of urea groups is 1. The smallest absolute Gasteiger partial charge is 0.436 e. The van der Waals surface area contributed by atoms with E-state index in [0.29, 0.717) is 24.9 Å². The molecule has 0 radical (unpaired) electrons. The number of hydrazone groups is 1. The van der Waals surface area contributed by atoms with Crippen molar-refractivity contribution >= 4 is 41.9 Å². The maximum atomic E-state index is 13.1. The molecule has 220 valence electrons. The number of amidine groups is 1. The average Bonchev–Trinajstić information content (AvgIpc) is 2.82. The molecule has 2 unspecified atom stereocenters. The largest absolute Gasteiger partial charge is 0.442 e. The number of hydrogen-bond acceptors (Lipinski definition) is 7. The first kappa shape index (κ1) is 33.3. The monoisotopic (exact) mass is 560 g/mol. The van der Waals surface area contributed by atoms with Gasteiger partial charge in [-0.05, 0) is 51.7 Å². The Balaban J connectivity index is 2.94. The average molecular weight is 561 g/mol. The molecule has 15 heteroatoms. The van der Waals surface area contributed by atoms with Gasteiger partial charge >= 0.3 is 12.1 Å². The van der Waals surface area contributed by atoms with Crippen molar-refractivity contribution in [1.82, 2.24) is 16.1 Å². The first-order valence-corrected chi connectivity index (χ1v) is 12.5. The van der Waals surface area contributed by atoms with Gasteiger partial charge in [0.15, 0.2) is 5.96 Å². The van der Waals surface area contributed by atoms with Gasteiger partial charge in [0.1, 0.15) is 17.5 Å². The molecule has 2 atom stereocenters. The third kappa shape index (κ3) is 13.2. The predicted molar refractivity (Wildman–Crippen MR) is 153 cm³/mol. The van der Waals surface area contributed by atoms with Gasteiger partial charge in [0, 0.05) is 23.9 Å². The van der Waals surface area contributed by atoms with Crippen molar-refractivity contribution in [1.29, 1.82) is 0 Å². The lowest BCUT2D eigenvalue weighted by molar-refractivity contribution is -0.124. The SMILES string of the molecule is CC(C)C(NC(=O)c1ccc(/C(N)=N/C(=O)OC(C)(C)C)cc1)C(=O)NC(/C=N/NC(N)=O)CCCN=C(N)N. The number of carbonyl (C=O) groups is 4. The molecule has 1 rings (SSSR count). The van der Waals surface area contributed by atoms with Crippen LogP contribution >= 0.6 is 0 Å². The van der Waals surface area contributed by atoms with Crippen LogP contribution in [0.1, 0.15) is 63.4 Å². The molecule has 0 heterocycles. The highest BCUT2D eigenvalue weighted by molar-refractivity contribution is 6.04. The Labute approximate surface area is 233 Å². The molecule has 1 aromatic carbocycles. The number of benzene rings is 1. The van der Waals surface area contributed by atoms with Crippen molar-refractivity contribution in [3.05, 3.63) is 35.4 Å². The summed E-state index contributed by atoms with van der Waals surface area (Å²) in [6.45, 7) is 8.99. The van der Waals surface area contributed by atoms with E-state index in [1.807, 2.05) is 0 Å². The first-order valence-electron chi connectivity index (χ1n) is 12.5. The summed E-state index contributed by atoms with van der Waals surface area (Å²) in [4.78, 5) is 56.5. The summed E-state index contributed by atoms with van der Waals surface area (Å²) >= 11 is 0. The molecular formula is C25H40N10O5. The number of carbonyl (C=O) groups excluding carboxylic acids is 4. The third-order valence-electron chi connectivity index (χ3n) is 5.01. The Bertz CT molecular complexity index is 1120. The molecule has 0 aliphatic carbocycles. The maximum absolute atomic E-state index is 13.1. The Kier molecular flexibility index (Phi) is 13.0. The summed E-state index contributed by atoms with van der Waals surface area (Å²) in [5.41, 5.74) is 23.6. The minimum absolute atomic E-state index is 0.0572. The van der Waals surface area contributed by atoms with Crippen molar-refractivity contribution in [2.24, 2.45) is 43.9 Å². The molecule has 40 heavy (non-hydrogen) atoms. The van der Waals surface area contributed by atoms with Gasteiger partial charge in [-0.25, -0.2) is 15.0 Å². The molecule has 0 bridgehead atoms. The summed E-state index contributed by atoms with van der Waals surface area (Å²) in [6, 6.07) is 3.66. The summed E-state index contributed by atoms with van der Waals surface area (Å²) in [7, 11) is 0. The van der Waals surface area contributed by atoms with E-state index in [9.17, 15) is 19.2 Å². The summed E-state index contributed by atoms with van der Waals surface area (Å²) < 4.78 is 5.12. The number of rotatable bonds is 12. The quantitative estimate of drug-likeness (QED) is 0.0806. The fourth-order valence-electron chi connectivity index (χ4n) is 3.17. The zero-order chi connectivity index (χ0) is 30.5. The molecule has 1 aromatic rings. The molecule has 5 amide bonds. The van der Waals surface area contributed by atoms with Crippen molar-refractivity contribution < 1.29 is 23.9 Å². The van der Waals surface area contributed by atoms with Crippen LogP contribution in [0.2, 0.25) is 0 Å². The molecular weight excluding hydrogens is 520 g/mol. The Hall–Kier alpha value is -4.69. The third-order valence-corrected chi connectivity index (χ3v) is 5.01. The standard InChI is InChI=1S/C25H40N10O5/c1-14(2)18(21(37)32-17(13-31-35-23(29)38)7-6-12-30-22(27)28)33-20(36)16-10-8-15(9-11-16)19(26)34-24(39)40-25(3,4)5/h8-11,13-14,17-18H,6-7,12H2,1-5H3,(H,32,37)(H,33,36)(H2,26,34,39)(H4,27,28,30)(H3,29,35,38)/b31-13+. The van der Waals surface area contributed by atoms with E-state index in [0.717, 1.165) is 0 Å². The van der Waals surface area contributed by atoms with Crippen molar-refractivity contribution in [2.45, 2.75) is 65.1 Å². The number of ether oxygens (including phenoxy) is 1. The number of primary amides is 1. The molecule has 0 spiro atoms. The normalized spacial score (nSPS) is 13.3. The van der Waals surface area contributed by atoms with E-state index in [4.69, 9.17) is 27.7 Å². The van der Waals surface area contributed by atoms with Crippen LogP contribution in [-0.2, 0) is 9.53 Å². The highest BCUT2D eigenvalue weighted by Crippen LogP contribution is 2.11. The molecule has 11 N–H and O–H groups in total. The van der Waals surface area contributed by atoms with E-state index >= 15 is 0 Å². The van der Waals surface area contributed by atoms with Crippen molar-refractivity contribution in [2.75, 3.05) is 6.54 Å². The topological polar surface area (TPSA) is 255 Å². The fraction of sp³-hybridized carbons (Fsp3) is 0.480. The molecule has 0 fully saturated rings. The summed E-state index contributed by atoms with van der Waals surface area (Å²) in [6.07, 6.45) is 1.37. The van der Waals surface area contributed by atoms with E-state index in [1.165, 1.54) is 30.5 Å². The number of amides is 5. The van der Waals surface area contributed by atoms with Gasteiger partial charge in [-0.15, -0.1) is 0 Å². The molecule has 0 aromatic heterocycles. The van der Waals surface area contributed by atoms with Gasteiger partial charge in [0.2, 0.25) is 5.91 Å². The van der Waals surface area contributed by atoms with Gasteiger partial charge in [0.05, 0.1) is 6.04 Å². The predicted octanol–water partition coefficient (Wildman–Crippen LogP) is 0.274. The van der Waals surface area contributed by atoms with E-state index in [2.05, 4.69) is 31.1 Å². The van der Waals surface area contributed by atoms with Crippen LogP contribution in [0.5, 0.6) is 0 Å². The highest BCUT2D eigenvalue weighted by atomic mass is 16.6. The molecule has 0 saturated carbocycles. The van der Waals surface area contributed by atoms with Crippen LogP contribution in [-0.4, -0.2) is 66.2 Å². The number of nitrogens with one attached hydrogen (secondary N) is 3. The zero-order valence-electron chi connectivity index (χ0n) is 23.4. The number of hydrogen-bond donors (Lipinski definition) is 7. The molecule has 0 aliphatic heterocycles. The minimum Gasteiger partial charge on any atom is -0.442 e. The Morgan fingerprint density at radius 3 is 2.10 bits per heavy atom. The van der Waals surface area contributed by atoms with Gasteiger partial charge in [-0.1, -0.05) is 26.0 Å². The second-order valence-corrected chi connectivity index (χ2v) is 10.1. The Morgan fingerprint density at radius 2 is 1.57 bits per heavy atom. The second kappa shape index (κ2) is 15.7. The van der Waals surface area contributed by atoms with Crippen LogP contribution < -0.4 is 39.0 Å².